The van der Waals surface area contributed by atoms with Crippen molar-refractivity contribution >= 4 is 17.3 Å². The Bertz CT molecular complexity index is 634. The molecule has 2 aromatic rings. The van der Waals surface area contributed by atoms with Crippen LogP contribution >= 0.6 is 11.6 Å². The number of hydrogen-bond acceptors (Lipinski definition) is 3. The molecule has 0 radical (unpaired) electrons. The molecule has 0 saturated carbocycles. The molecule has 3 nitrogen and oxygen atoms in total. The molecule has 0 heterocycles. The molecule has 1 N–H and O–H groups in total. The summed E-state index contributed by atoms with van der Waals surface area (Å²) in [5, 5.41) is 3.75. The Morgan fingerprint density at radius 3 is 2.43 bits per heavy atom. The van der Waals surface area contributed by atoms with E-state index in [0.717, 1.165) is 11.3 Å². The van der Waals surface area contributed by atoms with Crippen LogP contribution < -0.4 is 14.8 Å². The maximum Gasteiger partial charge on any atom is 0.143 e. The Kier molecular flexibility index (Phi) is 4.91. The first kappa shape index (κ1) is 15.4. The summed E-state index contributed by atoms with van der Waals surface area (Å²) in [7, 11) is 3.11. The zero-order valence-corrected chi connectivity index (χ0v) is 12.9. The van der Waals surface area contributed by atoms with Gasteiger partial charge in [-0.05, 0) is 24.6 Å². The fourth-order valence-electron chi connectivity index (χ4n) is 2.07. The third-order valence-electron chi connectivity index (χ3n) is 3.19. The molecule has 0 aliphatic carbocycles. The number of benzene rings is 2. The molecule has 0 aliphatic heterocycles. The van der Waals surface area contributed by atoms with Gasteiger partial charge in [0.2, 0.25) is 0 Å². The zero-order chi connectivity index (χ0) is 15.4. The molecule has 0 spiro atoms. The van der Waals surface area contributed by atoms with Gasteiger partial charge in [-0.1, -0.05) is 23.7 Å². The summed E-state index contributed by atoms with van der Waals surface area (Å²) in [6, 6.07) is 9.81. The van der Waals surface area contributed by atoms with Gasteiger partial charge in [0.15, 0.2) is 0 Å². The second-order valence-corrected chi connectivity index (χ2v) is 5.02. The molecule has 0 bridgehead atoms. The molecule has 1 atom stereocenters. The number of methoxy groups -OCH3 is 2. The first-order valence-electron chi connectivity index (χ1n) is 6.48. The molecule has 0 aromatic heterocycles. The van der Waals surface area contributed by atoms with Crippen LogP contribution in [0.4, 0.5) is 10.1 Å². The molecule has 112 valence electrons. The predicted molar refractivity (Wildman–Crippen MR) is 83.0 cm³/mol. The van der Waals surface area contributed by atoms with Crippen molar-refractivity contribution in [1.29, 1.82) is 0 Å². The van der Waals surface area contributed by atoms with Gasteiger partial charge in [0, 0.05) is 18.2 Å². The summed E-state index contributed by atoms with van der Waals surface area (Å²) in [6.45, 7) is 1.94. The third kappa shape index (κ3) is 3.58. The van der Waals surface area contributed by atoms with Crippen LogP contribution in [-0.4, -0.2) is 14.2 Å². The number of anilines is 1. The third-order valence-corrected chi connectivity index (χ3v) is 3.49. The summed E-state index contributed by atoms with van der Waals surface area (Å²) < 4.78 is 23.8. The van der Waals surface area contributed by atoms with Gasteiger partial charge in [-0.25, -0.2) is 4.39 Å². The average Bonchev–Trinajstić information content (AvgIpc) is 2.48. The second-order valence-electron chi connectivity index (χ2n) is 4.61. The van der Waals surface area contributed by atoms with Crippen LogP contribution in [0, 0.1) is 5.82 Å². The van der Waals surface area contributed by atoms with Crippen LogP contribution in [0.15, 0.2) is 36.4 Å². The van der Waals surface area contributed by atoms with E-state index in [-0.39, 0.29) is 11.9 Å². The fraction of sp³-hybridized carbons (Fsp3) is 0.250. The van der Waals surface area contributed by atoms with E-state index in [1.807, 2.05) is 13.0 Å². The molecular weight excluding hydrogens is 293 g/mol. The molecule has 2 rings (SSSR count). The van der Waals surface area contributed by atoms with Crippen LogP contribution in [0.5, 0.6) is 11.5 Å². The summed E-state index contributed by atoms with van der Waals surface area (Å²) in [5.41, 5.74) is 1.57. The Morgan fingerprint density at radius 2 is 1.81 bits per heavy atom. The van der Waals surface area contributed by atoms with Crippen LogP contribution in [-0.2, 0) is 0 Å². The predicted octanol–water partition coefficient (Wildman–Crippen LogP) is 4.67. The van der Waals surface area contributed by atoms with Gasteiger partial charge in [-0.15, -0.1) is 0 Å². The van der Waals surface area contributed by atoms with E-state index >= 15 is 0 Å². The van der Waals surface area contributed by atoms with Crippen molar-refractivity contribution in [2.75, 3.05) is 19.5 Å². The van der Waals surface area contributed by atoms with Crippen molar-refractivity contribution in [3.05, 3.63) is 52.8 Å². The van der Waals surface area contributed by atoms with E-state index < -0.39 is 0 Å². The van der Waals surface area contributed by atoms with Crippen molar-refractivity contribution in [3.8, 4) is 11.5 Å². The topological polar surface area (TPSA) is 30.5 Å². The van der Waals surface area contributed by atoms with E-state index in [2.05, 4.69) is 5.32 Å². The fourth-order valence-corrected chi connectivity index (χ4v) is 2.30. The second kappa shape index (κ2) is 6.68. The lowest BCUT2D eigenvalue weighted by Gasteiger charge is -2.19. The lowest BCUT2D eigenvalue weighted by molar-refractivity contribution is 0.404. The monoisotopic (exact) mass is 309 g/mol. The lowest BCUT2D eigenvalue weighted by atomic mass is 10.1. The summed E-state index contributed by atoms with van der Waals surface area (Å²) in [5.74, 6) is 0.886. The first-order valence-corrected chi connectivity index (χ1v) is 6.86. The van der Waals surface area contributed by atoms with Crippen molar-refractivity contribution in [2.24, 2.45) is 0 Å². The lowest BCUT2D eigenvalue weighted by Crippen LogP contribution is -2.08. The highest BCUT2D eigenvalue weighted by Crippen LogP contribution is 2.37. The molecule has 1 unspecified atom stereocenters. The van der Waals surface area contributed by atoms with Crippen LogP contribution in [0.2, 0.25) is 5.02 Å². The normalized spacial score (nSPS) is 11.9. The van der Waals surface area contributed by atoms with Crippen LogP contribution in [0.25, 0.3) is 0 Å². The van der Waals surface area contributed by atoms with E-state index in [9.17, 15) is 4.39 Å². The van der Waals surface area contributed by atoms with Crippen LogP contribution in [0.1, 0.15) is 18.5 Å². The molecule has 0 fully saturated rings. The Hall–Kier alpha value is -1.94. The van der Waals surface area contributed by atoms with E-state index in [0.29, 0.717) is 16.5 Å². The molecule has 0 saturated heterocycles. The van der Waals surface area contributed by atoms with Crippen LogP contribution in [0.3, 0.4) is 0 Å². The van der Waals surface area contributed by atoms with Gasteiger partial charge in [-0.3, -0.25) is 0 Å². The smallest absolute Gasteiger partial charge is 0.143 e. The standard InChI is InChI=1S/C16H17ClFNO2/c1-10(11-5-4-6-12(18)7-11)19-14-9-15(20-2)13(17)8-16(14)21-3/h4-10,19H,1-3H3. The van der Waals surface area contributed by atoms with Gasteiger partial charge < -0.3 is 14.8 Å². The maximum absolute atomic E-state index is 13.3. The summed E-state index contributed by atoms with van der Waals surface area (Å²) >= 11 is 6.07. The molecule has 2 aromatic carbocycles. The van der Waals surface area contributed by atoms with Crippen molar-refractivity contribution in [2.45, 2.75) is 13.0 Å². The highest BCUT2D eigenvalue weighted by molar-refractivity contribution is 6.32. The molecule has 0 aliphatic rings. The minimum absolute atomic E-state index is 0.0968. The highest BCUT2D eigenvalue weighted by atomic mass is 35.5. The number of rotatable bonds is 5. The minimum atomic E-state index is -0.262. The molecule has 21 heavy (non-hydrogen) atoms. The Labute approximate surface area is 128 Å². The quantitative estimate of drug-likeness (QED) is 0.870. The van der Waals surface area contributed by atoms with Gasteiger partial charge >= 0.3 is 0 Å². The Balaban J connectivity index is 2.29. The number of halogens is 2. The summed E-state index contributed by atoms with van der Waals surface area (Å²) in [4.78, 5) is 0. The molecular formula is C16H17ClFNO2. The minimum Gasteiger partial charge on any atom is -0.495 e. The van der Waals surface area contributed by atoms with Gasteiger partial charge in [0.05, 0.1) is 24.9 Å². The highest BCUT2D eigenvalue weighted by Gasteiger charge is 2.13. The van der Waals surface area contributed by atoms with E-state index in [1.54, 1.807) is 32.4 Å². The molecule has 0 amide bonds. The van der Waals surface area contributed by atoms with Crippen molar-refractivity contribution in [3.63, 3.8) is 0 Å². The molecule has 5 heteroatoms. The summed E-state index contributed by atoms with van der Waals surface area (Å²) in [6.07, 6.45) is 0. The van der Waals surface area contributed by atoms with E-state index in [1.165, 1.54) is 12.1 Å². The number of nitrogens with one attached hydrogen (secondary N) is 1. The van der Waals surface area contributed by atoms with Gasteiger partial charge in [-0.2, -0.15) is 0 Å². The maximum atomic E-state index is 13.3. The SMILES string of the molecule is COc1cc(NC(C)c2cccc(F)c2)c(OC)cc1Cl. The van der Waals surface area contributed by atoms with E-state index in [4.69, 9.17) is 21.1 Å². The average molecular weight is 310 g/mol. The first-order chi connectivity index (χ1) is 10.0. The number of hydrogen-bond donors (Lipinski definition) is 1. The largest absolute Gasteiger partial charge is 0.495 e. The van der Waals surface area contributed by atoms with Crippen molar-refractivity contribution in [1.82, 2.24) is 0 Å². The Morgan fingerprint density at radius 1 is 1.10 bits per heavy atom. The number of ether oxygens (including phenoxy) is 2. The van der Waals surface area contributed by atoms with Gasteiger partial charge in [0.1, 0.15) is 17.3 Å². The van der Waals surface area contributed by atoms with Gasteiger partial charge in [0.25, 0.3) is 0 Å². The van der Waals surface area contributed by atoms with Crippen molar-refractivity contribution < 1.29 is 13.9 Å². The zero-order valence-electron chi connectivity index (χ0n) is 12.1.